The lowest BCUT2D eigenvalue weighted by molar-refractivity contribution is -0.115. The van der Waals surface area contributed by atoms with E-state index in [1.165, 1.54) is 35.2 Å². The summed E-state index contributed by atoms with van der Waals surface area (Å²) in [4.78, 5) is 21.9. The zero-order chi connectivity index (χ0) is 26.3. The maximum atomic E-state index is 13.2. The van der Waals surface area contributed by atoms with Crippen molar-refractivity contribution < 1.29 is 9.18 Å². The van der Waals surface area contributed by atoms with Crippen molar-refractivity contribution in [3.05, 3.63) is 108 Å². The van der Waals surface area contributed by atoms with Crippen LogP contribution in [-0.4, -0.2) is 21.6 Å². The first-order valence-electron chi connectivity index (χ1n) is 11.8. The van der Waals surface area contributed by atoms with E-state index in [1.807, 2.05) is 72.1 Å². The number of amides is 1. The Kier molecular flexibility index (Phi) is 7.88. The molecule has 5 aromatic rings. The number of carbonyl (C=O) groups is 1. The molecule has 0 aliphatic rings. The van der Waals surface area contributed by atoms with E-state index in [9.17, 15) is 14.4 Å². The quantitative estimate of drug-likeness (QED) is 0.206. The highest BCUT2D eigenvalue weighted by Gasteiger charge is 2.16. The molecule has 186 valence electrons. The first-order chi connectivity index (χ1) is 18.6. The first kappa shape index (κ1) is 25.3. The number of anilines is 1. The predicted octanol–water partition coefficient (Wildman–Crippen LogP) is 7.67. The summed E-state index contributed by atoms with van der Waals surface area (Å²) in [5.41, 5.74) is 5.41. The third-order valence-corrected chi connectivity index (χ3v) is 7.45. The fraction of sp³-hybridized carbons (Fsp3) is 0.0667. The monoisotopic (exact) mass is 536 g/mol. The van der Waals surface area contributed by atoms with Crippen LogP contribution in [0.1, 0.15) is 12.0 Å². The fourth-order valence-corrected chi connectivity index (χ4v) is 5.52. The number of hydrogen-bond acceptors (Lipinski definition) is 6. The van der Waals surface area contributed by atoms with E-state index in [0.717, 1.165) is 27.9 Å². The molecule has 0 radical (unpaired) electrons. The molecule has 0 fully saturated rings. The van der Waals surface area contributed by atoms with Crippen LogP contribution < -0.4 is 5.32 Å². The smallest absolute Gasteiger partial charge is 0.226 e. The van der Waals surface area contributed by atoms with E-state index in [-0.39, 0.29) is 18.1 Å². The van der Waals surface area contributed by atoms with Crippen molar-refractivity contribution in [1.82, 2.24) is 9.97 Å². The van der Waals surface area contributed by atoms with Gasteiger partial charge in [0.1, 0.15) is 16.9 Å². The van der Waals surface area contributed by atoms with E-state index in [2.05, 4.69) is 16.4 Å². The van der Waals surface area contributed by atoms with Gasteiger partial charge in [-0.25, -0.2) is 14.4 Å². The molecule has 0 saturated carbocycles. The minimum absolute atomic E-state index is 0.182. The van der Waals surface area contributed by atoms with Crippen molar-refractivity contribution in [2.24, 2.45) is 0 Å². The molecule has 0 aliphatic carbocycles. The molecule has 2 aromatic heterocycles. The van der Waals surface area contributed by atoms with Gasteiger partial charge >= 0.3 is 0 Å². The molecule has 0 atom stereocenters. The van der Waals surface area contributed by atoms with Gasteiger partial charge in [-0.3, -0.25) is 4.79 Å². The second-order valence-corrected chi connectivity index (χ2v) is 10.2. The number of hydrogen-bond donors (Lipinski definition) is 1. The Morgan fingerprint density at radius 2 is 1.55 bits per heavy atom. The van der Waals surface area contributed by atoms with Crippen LogP contribution in [0.25, 0.3) is 33.6 Å². The molecule has 0 unspecified atom stereocenters. The fourth-order valence-electron chi connectivity index (χ4n) is 3.84. The molecule has 1 N–H and O–H groups in total. The lowest BCUT2D eigenvalue weighted by atomic mass is 9.99. The zero-order valence-electron chi connectivity index (χ0n) is 20.1. The van der Waals surface area contributed by atoms with E-state index in [0.29, 0.717) is 27.2 Å². The van der Waals surface area contributed by atoms with Crippen LogP contribution in [0.5, 0.6) is 0 Å². The lowest BCUT2D eigenvalue weighted by Gasteiger charge is -2.12. The van der Waals surface area contributed by atoms with Gasteiger partial charge in [-0.1, -0.05) is 60.7 Å². The number of benzene rings is 3. The van der Waals surface area contributed by atoms with Crippen molar-refractivity contribution in [3.8, 4) is 39.7 Å². The van der Waals surface area contributed by atoms with Crippen LogP contribution in [0.3, 0.4) is 0 Å². The maximum Gasteiger partial charge on any atom is 0.226 e. The molecule has 0 saturated heterocycles. The molecule has 3 aromatic carbocycles. The van der Waals surface area contributed by atoms with E-state index < -0.39 is 0 Å². The Balaban J connectivity index is 1.31. The Labute approximate surface area is 228 Å². The Morgan fingerprint density at radius 1 is 0.895 bits per heavy atom. The van der Waals surface area contributed by atoms with Gasteiger partial charge in [0.05, 0.1) is 17.0 Å². The molecule has 2 heterocycles. The molecule has 8 heteroatoms. The Hall–Kier alpha value is -4.32. The summed E-state index contributed by atoms with van der Waals surface area (Å²) >= 11 is 2.70. The zero-order valence-corrected chi connectivity index (χ0v) is 21.7. The third kappa shape index (κ3) is 5.97. The van der Waals surface area contributed by atoms with Gasteiger partial charge in [-0.2, -0.15) is 5.26 Å². The number of nitrogens with one attached hydrogen (secondary N) is 1. The van der Waals surface area contributed by atoms with E-state index >= 15 is 0 Å². The van der Waals surface area contributed by atoms with Crippen LogP contribution >= 0.6 is 23.1 Å². The summed E-state index contributed by atoms with van der Waals surface area (Å²) < 4.78 is 13.2. The van der Waals surface area contributed by atoms with Crippen molar-refractivity contribution in [2.45, 2.75) is 11.4 Å². The molecular formula is C30H21FN4OS2. The normalized spacial score (nSPS) is 10.6. The van der Waals surface area contributed by atoms with Crippen LogP contribution in [0.4, 0.5) is 9.52 Å². The Bertz CT molecular complexity index is 1600. The van der Waals surface area contributed by atoms with Crippen molar-refractivity contribution >= 4 is 34.1 Å². The van der Waals surface area contributed by atoms with Gasteiger partial charge in [-0.15, -0.1) is 23.1 Å². The van der Waals surface area contributed by atoms with Crippen molar-refractivity contribution in [3.63, 3.8) is 0 Å². The average molecular weight is 537 g/mol. The van der Waals surface area contributed by atoms with Crippen LogP contribution in [-0.2, 0) is 4.79 Å². The summed E-state index contributed by atoms with van der Waals surface area (Å²) in [7, 11) is 0. The van der Waals surface area contributed by atoms with E-state index in [1.54, 1.807) is 12.1 Å². The van der Waals surface area contributed by atoms with Gasteiger partial charge in [0.15, 0.2) is 5.13 Å². The van der Waals surface area contributed by atoms with Crippen LogP contribution in [0.15, 0.2) is 101 Å². The molecule has 5 nitrogen and oxygen atoms in total. The van der Waals surface area contributed by atoms with Gasteiger partial charge in [-0.05, 0) is 35.9 Å². The number of nitrogens with zero attached hydrogens (tertiary/aromatic N) is 3. The molecule has 38 heavy (non-hydrogen) atoms. The second kappa shape index (κ2) is 11.8. The summed E-state index contributed by atoms with van der Waals surface area (Å²) in [6, 6.07) is 29.9. The molecule has 0 bridgehead atoms. The van der Waals surface area contributed by atoms with Crippen molar-refractivity contribution in [2.75, 3.05) is 11.1 Å². The highest BCUT2D eigenvalue weighted by atomic mass is 32.2. The van der Waals surface area contributed by atoms with Gasteiger partial charge in [0, 0.05) is 34.2 Å². The SMILES string of the molecule is N#Cc1c(-c2ccccc2)cc(-c2ccccc2)nc1SCCC(=O)Nc1nc(-c2ccc(F)cc2)cs1. The number of rotatable bonds is 8. The van der Waals surface area contributed by atoms with E-state index in [4.69, 9.17) is 4.98 Å². The predicted molar refractivity (Wildman–Crippen MR) is 151 cm³/mol. The average Bonchev–Trinajstić information content (AvgIpc) is 3.42. The standard InChI is InChI=1S/C30H21FN4OS2/c31-23-13-11-22(12-14-23)27-19-38-30(34-27)35-28(36)15-16-37-29-25(18-32)24(20-7-3-1-4-8-20)17-26(33-29)21-9-5-2-6-10-21/h1-14,17,19H,15-16H2,(H,34,35,36). The second-order valence-electron chi connectivity index (χ2n) is 8.27. The van der Waals surface area contributed by atoms with Gasteiger partial charge in [0.25, 0.3) is 0 Å². The number of thioether (sulfide) groups is 1. The summed E-state index contributed by atoms with van der Waals surface area (Å²) in [5.74, 6) is -0.0522. The largest absolute Gasteiger partial charge is 0.302 e. The maximum absolute atomic E-state index is 13.2. The summed E-state index contributed by atoms with van der Waals surface area (Å²) in [5, 5.41) is 15.7. The third-order valence-electron chi connectivity index (χ3n) is 5.71. The van der Waals surface area contributed by atoms with Gasteiger partial charge in [0.2, 0.25) is 5.91 Å². The number of nitriles is 1. The number of aromatic nitrogens is 2. The number of pyridine rings is 1. The van der Waals surface area contributed by atoms with Crippen LogP contribution in [0.2, 0.25) is 0 Å². The molecule has 0 spiro atoms. The van der Waals surface area contributed by atoms with Gasteiger partial charge < -0.3 is 5.32 Å². The number of carbonyl (C=O) groups excluding carboxylic acids is 1. The highest BCUT2D eigenvalue weighted by Crippen LogP contribution is 2.34. The topological polar surface area (TPSA) is 78.7 Å². The first-order valence-corrected chi connectivity index (χ1v) is 13.7. The van der Waals surface area contributed by atoms with Crippen LogP contribution in [0, 0.1) is 17.1 Å². The minimum Gasteiger partial charge on any atom is -0.302 e. The molecule has 5 rings (SSSR count). The Morgan fingerprint density at radius 3 is 2.24 bits per heavy atom. The minimum atomic E-state index is -0.311. The molecule has 1 amide bonds. The summed E-state index contributed by atoms with van der Waals surface area (Å²) in [6.07, 6.45) is 0.221. The number of halogens is 1. The molecule has 0 aliphatic heterocycles. The molecular weight excluding hydrogens is 515 g/mol. The van der Waals surface area contributed by atoms with Crippen molar-refractivity contribution in [1.29, 1.82) is 5.26 Å². The number of thiazole rings is 1. The highest BCUT2D eigenvalue weighted by molar-refractivity contribution is 7.99. The lowest BCUT2D eigenvalue weighted by Crippen LogP contribution is -2.12. The summed E-state index contributed by atoms with van der Waals surface area (Å²) in [6.45, 7) is 0.